The number of aliphatic hydroxyl groups is 1. The number of carbonyl (C=O) groups is 2. The van der Waals surface area contributed by atoms with E-state index in [2.05, 4.69) is 39.0 Å². The third-order valence-electron chi connectivity index (χ3n) is 8.68. The summed E-state index contributed by atoms with van der Waals surface area (Å²) in [7, 11) is 4.76. The summed E-state index contributed by atoms with van der Waals surface area (Å²) in [5, 5.41) is 12.5. The van der Waals surface area contributed by atoms with Gasteiger partial charge in [0.2, 0.25) is 5.60 Å². The minimum Gasteiger partial charge on any atom is -0.495 e. The number of carbonyl (C=O) groups excluding carboxylic acids is 2. The number of nitrogens with zero attached hydrogens (tertiary/aromatic N) is 2. The van der Waals surface area contributed by atoms with E-state index < -0.39 is 40.5 Å². The zero-order valence-electron chi connectivity index (χ0n) is 20.1. The normalized spacial score (nSPS) is 37.6. The van der Waals surface area contributed by atoms with E-state index >= 15 is 0 Å². The van der Waals surface area contributed by atoms with Gasteiger partial charge < -0.3 is 24.2 Å². The van der Waals surface area contributed by atoms with Crippen LogP contribution in [-0.2, 0) is 24.5 Å². The first kappa shape index (κ1) is 23.6. The number of rotatable bonds is 4. The fourth-order valence-corrected chi connectivity index (χ4v) is 8.22. The van der Waals surface area contributed by atoms with E-state index in [9.17, 15) is 14.7 Å². The van der Waals surface area contributed by atoms with Crippen LogP contribution in [0.5, 0.6) is 5.75 Å². The van der Waals surface area contributed by atoms with Crippen LogP contribution in [0.25, 0.3) is 0 Å². The average Bonchev–Trinajstić information content (AvgIpc) is 3.32. The van der Waals surface area contributed by atoms with Gasteiger partial charge in [0.25, 0.3) is 0 Å². The van der Waals surface area contributed by atoms with E-state index in [-0.39, 0.29) is 6.04 Å². The third kappa shape index (κ3) is 2.61. The number of likely N-dealkylation sites (N-methyl/N-ethyl adjacent to an activating group) is 1. The first-order valence-electron chi connectivity index (χ1n) is 11.6. The van der Waals surface area contributed by atoms with Gasteiger partial charge in [-0.2, -0.15) is 0 Å². The molecule has 0 radical (unpaired) electrons. The molecule has 2 fully saturated rings. The summed E-state index contributed by atoms with van der Waals surface area (Å²) in [6.45, 7) is 4.91. The minimum atomic E-state index is -2.10. The first-order valence-corrected chi connectivity index (χ1v) is 12.4. The lowest BCUT2D eigenvalue weighted by Crippen LogP contribution is -2.81. The van der Waals surface area contributed by atoms with Gasteiger partial charge in [0.1, 0.15) is 5.75 Å². The van der Waals surface area contributed by atoms with Crippen molar-refractivity contribution in [3.8, 4) is 5.75 Å². The lowest BCUT2D eigenvalue weighted by Gasteiger charge is -2.63. The van der Waals surface area contributed by atoms with Crippen LogP contribution < -0.4 is 9.64 Å². The van der Waals surface area contributed by atoms with Crippen LogP contribution in [0.15, 0.2) is 28.8 Å². The molecule has 4 aliphatic rings. The maximum Gasteiger partial charge on any atom is 0.344 e. The first-order chi connectivity index (χ1) is 16.1. The fourth-order valence-electron chi connectivity index (χ4n) is 7.71. The van der Waals surface area contributed by atoms with Crippen molar-refractivity contribution in [3.05, 3.63) is 34.3 Å². The molecule has 1 N–H and O–H groups in total. The molecule has 0 amide bonds. The van der Waals surface area contributed by atoms with Gasteiger partial charge in [-0.05, 0) is 46.9 Å². The second-order valence-corrected chi connectivity index (χ2v) is 10.7. The SMILES string of the molecule is CC[C@]12C=CCN3CC[C@]4(c5cc(Br)c(OC)cc5N(C)[C@@H]4[C@](O)(C(=O)OC)[C@H]1OC(C)=O)[C@H]32. The van der Waals surface area contributed by atoms with Gasteiger partial charge in [0, 0.05) is 49.1 Å². The number of hydrogen-bond acceptors (Lipinski definition) is 8. The Morgan fingerprint density at radius 2 is 2.00 bits per heavy atom. The number of fused-ring (bicyclic) bond motifs is 1. The molecule has 5 rings (SSSR count). The summed E-state index contributed by atoms with van der Waals surface area (Å²) >= 11 is 3.65. The molecular weight excluding hydrogens is 504 g/mol. The topological polar surface area (TPSA) is 88.5 Å². The summed E-state index contributed by atoms with van der Waals surface area (Å²) in [6.07, 6.45) is 4.34. The Morgan fingerprint density at radius 3 is 2.62 bits per heavy atom. The van der Waals surface area contributed by atoms with E-state index in [0.717, 1.165) is 35.2 Å². The van der Waals surface area contributed by atoms with Gasteiger partial charge in [-0.15, -0.1) is 0 Å². The predicted molar refractivity (Wildman–Crippen MR) is 129 cm³/mol. The van der Waals surface area contributed by atoms with Crippen LogP contribution in [0, 0.1) is 5.41 Å². The van der Waals surface area contributed by atoms with Crippen molar-refractivity contribution in [2.24, 2.45) is 5.41 Å². The highest BCUT2D eigenvalue weighted by molar-refractivity contribution is 9.10. The molecule has 1 spiro atoms. The molecule has 1 aromatic rings. The standard InChI is InChI=1S/C25H31BrN2O6/c1-6-23-8-7-10-28-11-9-24(19(23)28)15-12-16(26)18(32-4)13-17(15)27(3)20(24)25(31,22(30)33-5)21(23)34-14(2)29/h7-8,12-13,19-21,31H,6,9-11H2,1-5H3/t19-,20+,21+,23-,24+,25-/m1/s1. The van der Waals surface area contributed by atoms with Crippen molar-refractivity contribution in [1.29, 1.82) is 0 Å². The van der Waals surface area contributed by atoms with E-state index in [4.69, 9.17) is 14.2 Å². The van der Waals surface area contributed by atoms with Gasteiger partial charge in [-0.1, -0.05) is 19.1 Å². The Labute approximate surface area is 207 Å². The number of ether oxygens (including phenoxy) is 3. The summed E-state index contributed by atoms with van der Waals surface area (Å²) < 4.78 is 17.5. The molecule has 9 heteroatoms. The van der Waals surface area contributed by atoms with Crippen LogP contribution in [0.1, 0.15) is 32.3 Å². The van der Waals surface area contributed by atoms with Gasteiger partial charge in [0.05, 0.1) is 24.7 Å². The van der Waals surface area contributed by atoms with Crippen molar-refractivity contribution in [1.82, 2.24) is 4.90 Å². The molecule has 3 aliphatic heterocycles. The van der Waals surface area contributed by atoms with Gasteiger partial charge >= 0.3 is 11.9 Å². The number of esters is 2. The van der Waals surface area contributed by atoms with Crippen molar-refractivity contribution in [3.63, 3.8) is 0 Å². The second-order valence-electron chi connectivity index (χ2n) is 9.88. The molecule has 6 atom stereocenters. The summed E-state index contributed by atoms with van der Waals surface area (Å²) in [5.41, 5.74) is -1.54. The maximum absolute atomic E-state index is 13.6. The summed E-state index contributed by atoms with van der Waals surface area (Å²) in [4.78, 5) is 30.3. The molecule has 0 aromatic heterocycles. The molecule has 8 nitrogen and oxygen atoms in total. The van der Waals surface area contributed by atoms with Crippen molar-refractivity contribution in [2.75, 3.05) is 39.3 Å². The zero-order valence-corrected chi connectivity index (χ0v) is 21.7. The summed E-state index contributed by atoms with van der Waals surface area (Å²) in [5.74, 6) is -0.671. The number of anilines is 1. The van der Waals surface area contributed by atoms with Crippen LogP contribution in [0.3, 0.4) is 0 Å². The molecular formula is C25H31BrN2O6. The molecule has 1 aliphatic carbocycles. The largest absolute Gasteiger partial charge is 0.495 e. The quantitative estimate of drug-likeness (QED) is 0.465. The highest BCUT2D eigenvalue weighted by atomic mass is 79.9. The summed E-state index contributed by atoms with van der Waals surface area (Å²) in [6, 6.07) is 3.22. The number of methoxy groups -OCH3 is 2. The lowest BCUT2D eigenvalue weighted by molar-refractivity contribution is -0.228. The van der Waals surface area contributed by atoms with Crippen LogP contribution in [-0.4, -0.2) is 80.1 Å². The number of benzene rings is 1. The highest BCUT2D eigenvalue weighted by Gasteiger charge is 2.80. The Morgan fingerprint density at radius 1 is 1.26 bits per heavy atom. The second kappa shape index (κ2) is 7.70. The Bertz CT molecular complexity index is 1090. The minimum absolute atomic E-state index is 0.0849. The van der Waals surface area contributed by atoms with Gasteiger partial charge in [0.15, 0.2) is 6.10 Å². The zero-order chi connectivity index (χ0) is 24.6. The monoisotopic (exact) mass is 534 g/mol. The van der Waals surface area contributed by atoms with Crippen LogP contribution in [0.2, 0.25) is 0 Å². The van der Waals surface area contributed by atoms with E-state index in [0.29, 0.717) is 12.2 Å². The van der Waals surface area contributed by atoms with Crippen molar-refractivity contribution >= 4 is 33.6 Å². The molecule has 1 aromatic carbocycles. The smallest absolute Gasteiger partial charge is 0.344 e. The molecule has 34 heavy (non-hydrogen) atoms. The van der Waals surface area contributed by atoms with E-state index in [1.54, 1.807) is 7.11 Å². The third-order valence-corrected chi connectivity index (χ3v) is 9.30. The van der Waals surface area contributed by atoms with Gasteiger partial charge in [-0.3, -0.25) is 9.69 Å². The van der Waals surface area contributed by atoms with Crippen molar-refractivity contribution < 1.29 is 28.9 Å². The van der Waals surface area contributed by atoms with Crippen molar-refractivity contribution in [2.45, 2.75) is 55.9 Å². The molecule has 0 bridgehead atoms. The van der Waals surface area contributed by atoms with E-state index in [1.165, 1.54) is 14.0 Å². The number of halogens is 1. The molecule has 1 saturated carbocycles. The predicted octanol–water partition coefficient (Wildman–Crippen LogP) is 2.40. The Hall–Kier alpha value is -2.10. The highest BCUT2D eigenvalue weighted by Crippen LogP contribution is 2.67. The fraction of sp³-hybridized carbons (Fsp3) is 0.600. The Kier molecular flexibility index (Phi) is 5.35. The Balaban J connectivity index is 1.88. The van der Waals surface area contributed by atoms with Crippen LogP contribution in [0.4, 0.5) is 5.69 Å². The molecule has 0 unspecified atom stereocenters. The lowest BCUT2D eigenvalue weighted by atomic mass is 9.47. The number of hydrogen-bond donors (Lipinski definition) is 1. The van der Waals surface area contributed by atoms with Crippen LogP contribution >= 0.6 is 15.9 Å². The maximum atomic E-state index is 13.6. The van der Waals surface area contributed by atoms with E-state index in [1.807, 2.05) is 24.9 Å². The molecule has 1 saturated heterocycles. The molecule has 184 valence electrons. The average molecular weight is 535 g/mol. The molecule has 3 heterocycles. The van der Waals surface area contributed by atoms with Gasteiger partial charge in [-0.25, -0.2) is 4.79 Å².